The summed E-state index contributed by atoms with van der Waals surface area (Å²) in [6, 6.07) is 2.29. The molecule has 1 heterocycles. The monoisotopic (exact) mass is 337 g/mol. The first-order valence-electron chi connectivity index (χ1n) is 7.98. The molecule has 2 aliphatic rings. The van der Waals surface area contributed by atoms with Crippen LogP contribution in [0.3, 0.4) is 0 Å². The summed E-state index contributed by atoms with van der Waals surface area (Å²) in [5.74, 6) is 1.22. The number of phenolic OH excluding ortho intramolecular Hbond substituents is 1. The molecule has 1 aliphatic carbocycles. The highest BCUT2D eigenvalue weighted by Gasteiger charge is 2.20. The van der Waals surface area contributed by atoms with Crippen LogP contribution in [0.15, 0.2) is 10.5 Å². The molecule has 110 valence electrons. The van der Waals surface area contributed by atoms with E-state index in [4.69, 9.17) is 0 Å². The first kappa shape index (κ1) is 14.4. The molecule has 1 saturated heterocycles. The smallest absolute Gasteiger partial charge is 0.133 e. The van der Waals surface area contributed by atoms with Gasteiger partial charge in [-0.15, -0.1) is 0 Å². The number of halogens is 1. The van der Waals surface area contributed by atoms with Crippen LogP contribution in [-0.2, 0) is 19.3 Å². The van der Waals surface area contributed by atoms with Gasteiger partial charge < -0.3 is 10.4 Å². The Labute approximate surface area is 130 Å². The molecule has 2 N–H and O–H groups in total. The molecule has 0 radical (unpaired) electrons. The maximum atomic E-state index is 10.5. The average Bonchev–Trinajstić information content (AvgIpc) is 2.71. The van der Waals surface area contributed by atoms with Crippen molar-refractivity contribution in [2.24, 2.45) is 5.92 Å². The van der Waals surface area contributed by atoms with Crippen molar-refractivity contribution >= 4 is 15.9 Å². The van der Waals surface area contributed by atoms with Gasteiger partial charge in [-0.25, -0.2) is 0 Å². The second-order valence-corrected chi connectivity index (χ2v) is 7.09. The van der Waals surface area contributed by atoms with E-state index in [0.29, 0.717) is 5.75 Å². The summed E-state index contributed by atoms with van der Waals surface area (Å²) in [5, 5.41) is 13.9. The first-order valence-corrected chi connectivity index (χ1v) is 8.78. The van der Waals surface area contributed by atoms with Crippen molar-refractivity contribution in [3.8, 4) is 5.75 Å². The van der Waals surface area contributed by atoms with Crippen molar-refractivity contribution in [3.63, 3.8) is 0 Å². The molecule has 1 aromatic carbocycles. The highest BCUT2D eigenvalue weighted by atomic mass is 79.9. The lowest BCUT2D eigenvalue weighted by Gasteiger charge is -2.24. The zero-order valence-corrected chi connectivity index (χ0v) is 13.6. The van der Waals surface area contributed by atoms with Crippen LogP contribution in [0.5, 0.6) is 5.75 Å². The Morgan fingerprint density at radius 3 is 2.70 bits per heavy atom. The minimum Gasteiger partial charge on any atom is -0.506 e. The number of aryl methyl sites for hydroxylation is 1. The van der Waals surface area contributed by atoms with Crippen molar-refractivity contribution in [3.05, 3.63) is 27.2 Å². The Morgan fingerprint density at radius 2 is 1.90 bits per heavy atom. The minimum absolute atomic E-state index is 0.504. The van der Waals surface area contributed by atoms with E-state index in [1.165, 1.54) is 49.7 Å². The van der Waals surface area contributed by atoms with Crippen LogP contribution in [0.4, 0.5) is 0 Å². The molecule has 0 amide bonds. The summed E-state index contributed by atoms with van der Waals surface area (Å²) in [6.07, 6.45) is 9.62. The van der Waals surface area contributed by atoms with Crippen LogP contribution >= 0.6 is 15.9 Å². The summed E-state index contributed by atoms with van der Waals surface area (Å²) in [6.45, 7) is 2.25. The van der Waals surface area contributed by atoms with Crippen molar-refractivity contribution in [1.29, 1.82) is 0 Å². The number of hydrogen-bond donors (Lipinski definition) is 2. The van der Waals surface area contributed by atoms with Crippen molar-refractivity contribution < 1.29 is 5.11 Å². The third-order valence-corrected chi connectivity index (χ3v) is 5.71. The Bertz CT molecular complexity index is 480. The zero-order chi connectivity index (χ0) is 13.9. The normalized spacial score (nSPS) is 20.4. The van der Waals surface area contributed by atoms with Crippen LogP contribution in [-0.4, -0.2) is 18.2 Å². The van der Waals surface area contributed by atoms with E-state index in [1.54, 1.807) is 0 Å². The number of aromatic hydroxyl groups is 1. The summed E-state index contributed by atoms with van der Waals surface area (Å²) in [7, 11) is 0. The molecule has 0 spiro atoms. The maximum Gasteiger partial charge on any atom is 0.133 e. The summed E-state index contributed by atoms with van der Waals surface area (Å²) >= 11 is 3.65. The molecule has 1 aromatic rings. The lowest BCUT2D eigenvalue weighted by molar-refractivity contribution is 0.366. The van der Waals surface area contributed by atoms with E-state index in [9.17, 15) is 5.11 Å². The fourth-order valence-corrected chi connectivity index (χ4v) is 4.34. The molecule has 3 rings (SSSR count). The van der Waals surface area contributed by atoms with Gasteiger partial charge in [-0.2, -0.15) is 0 Å². The largest absolute Gasteiger partial charge is 0.506 e. The van der Waals surface area contributed by atoms with Crippen LogP contribution < -0.4 is 5.32 Å². The van der Waals surface area contributed by atoms with Gasteiger partial charge in [0.25, 0.3) is 0 Å². The molecular weight excluding hydrogens is 314 g/mol. The van der Waals surface area contributed by atoms with Crippen molar-refractivity contribution in [2.45, 2.75) is 51.4 Å². The SMILES string of the molecule is Oc1c(CC2CCNCC2)cc2c(c1Br)CCCCC2. The standard InChI is InChI=1S/C17H24BrNO/c18-16-15-5-3-1-2-4-13(15)11-14(17(16)20)10-12-6-8-19-9-7-12/h11-12,19-20H,1-10H2. The van der Waals surface area contributed by atoms with Gasteiger partial charge in [-0.3, -0.25) is 0 Å². The third kappa shape index (κ3) is 3.04. The quantitative estimate of drug-likeness (QED) is 0.800. The van der Waals surface area contributed by atoms with Crippen molar-refractivity contribution in [2.75, 3.05) is 13.1 Å². The molecule has 0 unspecified atom stereocenters. The van der Waals surface area contributed by atoms with Gasteiger partial charge >= 0.3 is 0 Å². The molecule has 2 nitrogen and oxygen atoms in total. The van der Waals surface area contributed by atoms with E-state index < -0.39 is 0 Å². The van der Waals surface area contributed by atoms with Crippen molar-refractivity contribution in [1.82, 2.24) is 5.32 Å². The third-order valence-electron chi connectivity index (χ3n) is 4.85. The first-order chi connectivity index (χ1) is 9.75. The Kier molecular flexibility index (Phi) is 4.67. The molecule has 0 saturated carbocycles. The Balaban J connectivity index is 1.86. The van der Waals surface area contributed by atoms with E-state index in [0.717, 1.165) is 41.9 Å². The topological polar surface area (TPSA) is 32.3 Å². The summed E-state index contributed by atoms with van der Waals surface area (Å²) in [4.78, 5) is 0. The van der Waals surface area contributed by atoms with Gasteiger partial charge in [0.15, 0.2) is 0 Å². The van der Waals surface area contributed by atoms with Crippen LogP contribution in [0, 0.1) is 5.92 Å². The number of piperidine rings is 1. The van der Waals surface area contributed by atoms with Gasteiger partial charge in [-0.1, -0.05) is 12.5 Å². The lowest BCUT2D eigenvalue weighted by Crippen LogP contribution is -2.28. The minimum atomic E-state index is 0.504. The molecular formula is C17H24BrNO. The molecule has 20 heavy (non-hydrogen) atoms. The second-order valence-electron chi connectivity index (χ2n) is 6.29. The highest BCUT2D eigenvalue weighted by Crippen LogP contribution is 2.38. The number of phenols is 1. The van der Waals surface area contributed by atoms with E-state index >= 15 is 0 Å². The molecule has 3 heteroatoms. The second kappa shape index (κ2) is 6.48. The summed E-state index contributed by atoms with van der Waals surface area (Å²) in [5.41, 5.74) is 3.98. The van der Waals surface area contributed by atoms with E-state index in [1.807, 2.05) is 0 Å². The van der Waals surface area contributed by atoms with Crippen LogP contribution in [0.2, 0.25) is 0 Å². The van der Waals surface area contributed by atoms with Gasteiger partial charge in [-0.05, 0) is 96.6 Å². The molecule has 0 atom stereocenters. The number of fused-ring (bicyclic) bond motifs is 1. The maximum absolute atomic E-state index is 10.5. The lowest BCUT2D eigenvalue weighted by atomic mass is 9.88. The molecule has 0 aromatic heterocycles. The molecule has 1 fully saturated rings. The van der Waals surface area contributed by atoms with E-state index in [2.05, 4.69) is 27.3 Å². The number of hydrogen-bond acceptors (Lipinski definition) is 2. The van der Waals surface area contributed by atoms with Gasteiger partial charge in [0.2, 0.25) is 0 Å². The molecule has 0 bridgehead atoms. The Hall–Kier alpha value is -0.540. The van der Waals surface area contributed by atoms with Gasteiger partial charge in [0.1, 0.15) is 5.75 Å². The number of rotatable bonds is 2. The Morgan fingerprint density at radius 1 is 1.15 bits per heavy atom. The fraction of sp³-hybridized carbons (Fsp3) is 0.647. The molecule has 1 aliphatic heterocycles. The van der Waals surface area contributed by atoms with E-state index in [-0.39, 0.29) is 0 Å². The average molecular weight is 338 g/mol. The highest BCUT2D eigenvalue weighted by molar-refractivity contribution is 9.10. The predicted octanol–water partition coefficient (Wildman–Crippen LogP) is 3.97. The summed E-state index contributed by atoms with van der Waals surface area (Å²) < 4.78 is 0.973. The predicted molar refractivity (Wildman–Crippen MR) is 86.4 cm³/mol. The fourth-order valence-electron chi connectivity index (χ4n) is 3.63. The van der Waals surface area contributed by atoms with Gasteiger partial charge in [0, 0.05) is 0 Å². The zero-order valence-electron chi connectivity index (χ0n) is 12.1. The van der Waals surface area contributed by atoms with Crippen LogP contribution in [0.1, 0.15) is 48.8 Å². The van der Waals surface area contributed by atoms with Gasteiger partial charge in [0.05, 0.1) is 4.47 Å². The number of benzene rings is 1. The number of nitrogens with one attached hydrogen (secondary N) is 1. The van der Waals surface area contributed by atoms with Crippen LogP contribution in [0.25, 0.3) is 0 Å².